The molecule has 3 aromatic heterocycles. The van der Waals surface area contributed by atoms with Gasteiger partial charge in [-0.3, -0.25) is 9.78 Å². The van der Waals surface area contributed by atoms with E-state index in [9.17, 15) is 4.79 Å². The Labute approximate surface area is 196 Å². The summed E-state index contributed by atoms with van der Waals surface area (Å²) in [6.07, 6.45) is 4.17. The van der Waals surface area contributed by atoms with Crippen molar-refractivity contribution in [1.29, 1.82) is 0 Å². The van der Waals surface area contributed by atoms with E-state index in [2.05, 4.69) is 41.3 Å². The van der Waals surface area contributed by atoms with Crippen LogP contribution in [0, 0.1) is 0 Å². The Bertz CT molecular complexity index is 1490. The van der Waals surface area contributed by atoms with Crippen LogP contribution in [0.5, 0.6) is 5.75 Å². The molecule has 5 aromatic rings. The fraction of sp³-hybridized carbons (Fsp3) is 0.0476. The molecule has 0 atom stereocenters. The lowest BCUT2D eigenvalue weighted by molar-refractivity contribution is 0.415. The summed E-state index contributed by atoms with van der Waals surface area (Å²) in [4.78, 5) is 29.5. The third-order valence-electron chi connectivity index (χ3n) is 4.63. The van der Waals surface area contributed by atoms with Gasteiger partial charge in [-0.05, 0) is 52.3 Å². The molecule has 0 spiro atoms. The molecule has 0 aliphatic carbocycles. The van der Waals surface area contributed by atoms with Gasteiger partial charge in [0.15, 0.2) is 11.5 Å². The van der Waals surface area contributed by atoms with Crippen molar-refractivity contribution in [3.8, 4) is 17.1 Å². The molecule has 32 heavy (non-hydrogen) atoms. The Morgan fingerprint density at radius 1 is 1.06 bits per heavy atom. The molecule has 2 aromatic carbocycles. The summed E-state index contributed by atoms with van der Waals surface area (Å²) < 4.78 is 7.59. The Morgan fingerprint density at radius 3 is 2.66 bits per heavy atom. The number of nitrogens with one attached hydrogen (secondary N) is 1. The van der Waals surface area contributed by atoms with Gasteiger partial charge in [0.05, 0.1) is 18.8 Å². The molecule has 0 unspecified atom stereocenters. The quantitative estimate of drug-likeness (QED) is 0.385. The van der Waals surface area contributed by atoms with E-state index in [1.54, 1.807) is 11.6 Å². The minimum atomic E-state index is -0.463. The van der Waals surface area contributed by atoms with Crippen molar-refractivity contribution in [2.75, 3.05) is 12.4 Å². The molecule has 3 heterocycles. The largest absolute Gasteiger partial charge is 0.497 e. The number of halogens is 2. The van der Waals surface area contributed by atoms with Crippen LogP contribution in [-0.4, -0.2) is 36.7 Å². The molecular weight excluding hydrogens is 498 g/mol. The molecule has 0 saturated heterocycles. The van der Waals surface area contributed by atoms with Crippen LogP contribution in [0.25, 0.3) is 27.9 Å². The van der Waals surface area contributed by atoms with E-state index < -0.39 is 5.56 Å². The van der Waals surface area contributed by atoms with Crippen molar-refractivity contribution < 1.29 is 4.74 Å². The van der Waals surface area contributed by atoms with Crippen LogP contribution in [0.1, 0.15) is 0 Å². The van der Waals surface area contributed by atoms with E-state index in [0.717, 1.165) is 21.2 Å². The van der Waals surface area contributed by atoms with Crippen LogP contribution < -0.4 is 15.6 Å². The van der Waals surface area contributed by atoms with Crippen molar-refractivity contribution in [2.45, 2.75) is 0 Å². The molecule has 0 fully saturated rings. The lowest BCUT2D eigenvalue weighted by atomic mass is 10.2. The van der Waals surface area contributed by atoms with Crippen LogP contribution in [0.2, 0.25) is 0 Å². The van der Waals surface area contributed by atoms with Gasteiger partial charge in [-0.1, -0.05) is 6.07 Å². The Balaban J connectivity index is 0.00000245. The van der Waals surface area contributed by atoms with E-state index in [1.165, 1.54) is 18.6 Å². The van der Waals surface area contributed by atoms with Crippen LogP contribution >= 0.6 is 28.3 Å². The molecule has 160 valence electrons. The monoisotopic (exact) mass is 511 g/mol. The molecule has 0 amide bonds. The van der Waals surface area contributed by atoms with Crippen LogP contribution in [0.15, 0.2) is 70.3 Å². The van der Waals surface area contributed by atoms with Gasteiger partial charge in [-0.25, -0.2) is 15.0 Å². The van der Waals surface area contributed by atoms with E-state index in [-0.39, 0.29) is 18.1 Å². The first-order chi connectivity index (χ1) is 15.1. The standard InChI is InChI=1S/C21H14BrN7O2.ClH/c1-31-13-7-5-12(6-8-13)18-27-19-14-3-2-4-15(22)17(14)26-21(29(19)28-18)25-16-11-23-9-10-24-20(16)30;/h2-11H,1H3,(H,24,25,26,30);1H. The fourth-order valence-electron chi connectivity index (χ4n) is 3.13. The summed E-state index contributed by atoms with van der Waals surface area (Å²) >= 11 is 3.54. The zero-order valence-electron chi connectivity index (χ0n) is 16.6. The number of para-hydroxylation sites is 1. The number of anilines is 2. The minimum Gasteiger partial charge on any atom is -0.497 e. The number of aromatic nitrogens is 6. The second-order valence-electron chi connectivity index (χ2n) is 6.52. The fourth-order valence-corrected chi connectivity index (χ4v) is 3.58. The van der Waals surface area contributed by atoms with E-state index >= 15 is 0 Å². The minimum absolute atomic E-state index is 0. The molecule has 0 saturated carbocycles. The molecule has 5 rings (SSSR count). The normalized spacial score (nSPS) is 10.7. The molecule has 0 bridgehead atoms. The highest BCUT2D eigenvalue weighted by molar-refractivity contribution is 9.10. The molecule has 0 aliphatic rings. The average molecular weight is 513 g/mol. The van der Waals surface area contributed by atoms with Crippen LogP contribution in [0.4, 0.5) is 11.6 Å². The predicted octanol–water partition coefficient (Wildman–Crippen LogP) is 4.03. The third kappa shape index (κ3) is 3.85. The van der Waals surface area contributed by atoms with Gasteiger partial charge in [0.25, 0.3) is 5.56 Å². The van der Waals surface area contributed by atoms with Gasteiger partial charge in [0.1, 0.15) is 11.4 Å². The Hall–Kier alpha value is -3.63. The maximum atomic E-state index is 12.3. The van der Waals surface area contributed by atoms with Crippen LogP contribution in [-0.2, 0) is 0 Å². The second-order valence-corrected chi connectivity index (χ2v) is 7.37. The lowest BCUT2D eigenvalue weighted by Gasteiger charge is -2.08. The van der Waals surface area contributed by atoms with Crippen molar-refractivity contribution in [3.63, 3.8) is 0 Å². The van der Waals surface area contributed by atoms with Gasteiger partial charge in [-0.15, -0.1) is 17.5 Å². The molecule has 1 N–H and O–H groups in total. The SMILES string of the molecule is COc1ccc(-c2nc3c4cccc(Br)c4nc(Nc4cnccnc4=O)n3n2)cc1.Cl. The van der Waals surface area contributed by atoms with Crippen LogP contribution in [0.3, 0.4) is 0 Å². The average Bonchev–Trinajstić information content (AvgIpc) is 3.15. The number of hydrogen-bond acceptors (Lipinski definition) is 8. The second kappa shape index (κ2) is 8.85. The van der Waals surface area contributed by atoms with E-state index in [0.29, 0.717) is 22.9 Å². The number of ether oxygens (including phenoxy) is 1. The lowest BCUT2D eigenvalue weighted by Crippen LogP contribution is -2.12. The van der Waals surface area contributed by atoms with Crippen molar-refractivity contribution in [2.24, 2.45) is 0 Å². The first kappa shape index (κ1) is 21.6. The topological polar surface area (TPSA) is 107 Å². The van der Waals surface area contributed by atoms with Gasteiger partial charge >= 0.3 is 0 Å². The van der Waals surface area contributed by atoms with Crippen molar-refractivity contribution in [3.05, 3.63) is 75.9 Å². The molecule has 0 radical (unpaired) electrons. The molecular formula is C21H15BrClN7O2. The smallest absolute Gasteiger partial charge is 0.295 e. The zero-order valence-corrected chi connectivity index (χ0v) is 19.0. The number of nitrogens with zero attached hydrogens (tertiary/aromatic N) is 6. The van der Waals surface area contributed by atoms with Gasteiger partial charge in [0.2, 0.25) is 5.95 Å². The number of benzene rings is 2. The number of methoxy groups -OCH3 is 1. The van der Waals surface area contributed by atoms with Crippen molar-refractivity contribution >= 4 is 56.5 Å². The summed E-state index contributed by atoms with van der Waals surface area (Å²) in [7, 11) is 1.61. The molecule has 0 aliphatic heterocycles. The number of hydrogen-bond donors (Lipinski definition) is 1. The summed E-state index contributed by atoms with van der Waals surface area (Å²) in [5.74, 6) is 1.57. The van der Waals surface area contributed by atoms with E-state index in [1.807, 2.05) is 42.5 Å². The molecule has 11 heteroatoms. The summed E-state index contributed by atoms with van der Waals surface area (Å²) in [5.41, 5.74) is 1.80. The Kier molecular flexibility index (Phi) is 5.97. The van der Waals surface area contributed by atoms with E-state index in [4.69, 9.17) is 9.72 Å². The first-order valence-electron chi connectivity index (χ1n) is 9.21. The van der Waals surface area contributed by atoms with Gasteiger partial charge < -0.3 is 10.1 Å². The highest BCUT2D eigenvalue weighted by Gasteiger charge is 2.17. The highest BCUT2D eigenvalue weighted by Crippen LogP contribution is 2.29. The summed E-state index contributed by atoms with van der Waals surface area (Å²) in [5, 5.41) is 8.46. The van der Waals surface area contributed by atoms with Gasteiger partial charge in [0, 0.05) is 27.8 Å². The first-order valence-corrected chi connectivity index (χ1v) is 10.00. The maximum Gasteiger partial charge on any atom is 0.295 e. The highest BCUT2D eigenvalue weighted by atomic mass is 79.9. The molecule has 9 nitrogen and oxygen atoms in total. The predicted molar refractivity (Wildman–Crippen MR) is 127 cm³/mol. The maximum absolute atomic E-state index is 12.3. The van der Waals surface area contributed by atoms with Gasteiger partial charge in [-0.2, -0.15) is 4.52 Å². The summed E-state index contributed by atoms with van der Waals surface area (Å²) in [6, 6.07) is 13.2. The zero-order chi connectivity index (χ0) is 21.4. The number of fused-ring (bicyclic) bond motifs is 3. The van der Waals surface area contributed by atoms with Crippen molar-refractivity contribution in [1.82, 2.24) is 29.5 Å². The Morgan fingerprint density at radius 2 is 1.88 bits per heavy atom. The summed E-state index contributed by atoms with van der Waals surface area (Å²) in [6.45, 7) is 0. The third-order valence-corrected chi connectivity index (χ3v) is 5.27. The number of rotatable bonds is 4.